The number of carbonyl (C=O) groups is 1. The number of nitrogens with two attached hydrogens (primary N) is 1. The van der Waals surface area contributed by atoms with Gasteiger partial charge in [0, 0.05) is 17.0 Å². The highest BCUT2D eigenvalue weighted by molar-refractivity contribution is 5.98. The Kier molecular flexibility index (Phi) is 2.11. The van der Waals surface area contributed by atoms with Gasteiger partial charge in [0.15, 0.2) is 0 Å². The van der Waals surface area contributed by atoms with Crippen LogP contribution in [0.3, 0.4) is 0 Å². The summed E-state index contributed by atoms with van der Waals surface area (Å²) in [5.41, 5.74) is 7.53. The summed E-state index contributed by atoms with van der Waals surface area (Å²) in [4.78, 5) is 14.0. The molecule has 0 aliphatic carbocycles. The van der Waals surface area contributed by atoms with Crippen LogP contribution in [0.15, 0.2) is 18.2 Å². The predicted octanol–water partition coefficient (Wildman–Crippen LogP) is 1.58. The van der Waals surface area contributed by atoms with Crippen LogP contribution in [0, 0.1) is 6.92 Å². The van der Waals surface area contributed by atoms with Gasteiger partial charge in [-0.15, -0.1) is 0 Å². The van der Waals surface area contributed by atoms with Crippen LogP contribution in [0.2, 0.25) is 0 Å². The Labute approximate surface area is 87.0 Å². The van der Waals surface area contributed by atoms with Gasteiger partial charge in [0.05, 0.1) is 7.11 Å². The molecule has 4 nitrogen and oxygen atoms in total. The molecule has 0 bridgehead atoms. The second-order valence-corrected chi connectivity index (χ2v) is 3.45. The highest BCUT2D eigenvalue weighted by atomic mass is 16.5. The number of carbonyl (C=O) groups excluding carboxylic acids is 1. The van der Waals surface area contributed by atoms with Gasteiger partial charge in [0.1, 0.15) is 11.4 Å². The van der Waals surface area contributed by atoms with Crippen LogP contribution < -0.4 is 10.5 Å². The van der Waals surface area contributed by atoms with Crippen molar-refractivity contribution in [3.05, 3.63) is 29.5 Å². The van der Waals surface area contributed by atoms with Crippen molar-refractivity contribution in [2.45, 2.75) is 6.92 Å². The van der Waals surface area contributed by atoms with Crippen LogP contribution in [0.4, 0.5) is 0 Å². The summed E-state index contributed by atoms with van der Waals surface area (Å²) in [7, 11) is 1.61. The predicted molar refractivity (Wildman–Crippen MR) is 58.1 cm³/mol. The minimum atomic E-state index is -0.454. The molecule has 0 saturated heterocycles. The molecule has 15 heavy (non-hydrogen) atoms. The van der Waals surface area contributed by atoms with E-state index in [-0.39, 0.29) is 0 Å². The lowest BCUT2D eigenvalue weighted by molar-refractivity contribution is 0.0996. The number of hydrogen-bond acceptors (Lipinski definition) is 2. The van der Waals surface area contributed by atoms with Crippen molar-refractivity contribution < 1.29 is 9.53 Å². The SMILES string of the molecule is COc1cc(C)c2cc(C(N)=O)[nH]c2c1. The van der Waals surface area contributed by atoms with Crippen LogP contribution >= 0.6 is 0 Å². The molecule has 1 amide bonds. The summed E-state index contributed by atoms with van der Waals surface area (Å²) in [6, 6.07) is 5.52. The van der Waals surface area contributed by atoms with Gasteiger partial charge in [0.2, 0.25) is 0 Å². The van der Waals surface area contributed by atoms with E-state index in [0.29, 0.717) is 5.69 Å². The summed E-state index contributed by atoms with van der Waals surface area (Å²) in [6.07, 6.45) is 0. The van der Waals surface area contributed by atoms with Gasteiger partial charge >= 0.3 is 0 Å². The van der Waals surface area contributed by atoms with Crippen molar-refractivity contribution in [3.63, 3.8) is 0 Å². The molecule has 1 aromatic heterocycles. The summed E-state index contributed by atoms with van der Waals surface area (Å²) in [5, 5.41) is 0.990. The third-order valence-corrected chi connectivity index (χ3v) is 2.42. The molecule has 1 aromatic carbocycles. The number of primary amides is 1. The van der Waals surface area contributed by atoms with Crippen molar-refractivity contribution in [3.8, 4) is 5.75 Å². The number of ether oxygens (including phenoxy) is 1. The Balaban J connectivity index is 2.69. The number of rotatable bonds is 2. The maximum atomic E-state index is 11.0. The fraction of sp³-hybridized carbons (Fsp3) is 0.182. The second kappa shape index (κ2) is 3.31. The zero-order chi connectivity index (χ0) is 11.0. The van der Waals surface area contributed by atoms with Crippen LogP contribution in [0.25, 0.3) is 10.9 Å². The fourth-order valence-electron chi connectivity index (χ4n) is 1.64. The lowest BCUT2D eigenvalue weighted by Crippen LogP contribution is -2.10. The number of fused-ring (bicyclic) bond motifs is 1. The van der Waals surface area contributed by atoms with E-state index < -0.39 is 5.91 Å². The molecule has 0 aliphatic heterocycles. The van der Waals surface area contributed by atoms with E-state index in [2.05, 4.69) is 4.98 Å². The number of aromatic amines is 1. The molecule has 3 N–H and O–H groups in total. The molecule has 78 valence electrons. The number of benzene rings is 1. The smallest absolute Gasteiger partial charge is 0.265 e. The Bertz CT molecular complexity index is 529. The maximum absolute atomic E-state index is 11.0. The van der Waals surface area contributed by atoms with E-state index >= 15 is 0 Å². The molecule has 2 aromatic rings. The van der Waals surface area contributed by atoms with Crippen molar-refractivity contribution in [2.75, 3.05) is 7.11 Å². The van der Waals surface area contributed by atoms with Gasteiger partial charge < -0.3 is 15.5 Å². The topological polar surface area (TPSA) is 68.1 Å². The molecule has 2 rings (SSSR count). The highest BCUT2D eigenvalue weighted by Crippen LogP contribution is 2.25. The fourth-order valence-corrected chi connectivity index (χ4v) is 1.64. The number of nitrogens with one attached hydrogen (secondary N) is 1. The summed E-state index contributed by atoms with van der Waals surface area (Å²) in [5.74, 6) is 0.308. The van der Waals surface area contributed by atoms with Crippen molar-refractivity contribution in [1.29, 1.82) is 0 Å². The van der Waals surface area contributed by atoms with Crippen LogP contribution in [-0.4, -0.2) is 18.0 Å². The van der Waals surface area contributed by atoms with Gasteiger partial charge in [-0.25, -0.2) is 0 Å². The Morgan fingerprint density at radius 2 is 2.13 bits per heavy atom. The number of methoxy groups -OCH3 is 1. The lowest BCUT2D eigenvalue weighted by Gasteiger charge is -2.01. The van der Waals surface area contributed by atoms with Gasteiger partial charge in [-0.1, -0.05) is 0 Å². The number of H-pyrrole nitrogens is 1. The van der Waals surface area contributed by atoms with Gasteiger partial charge in [-0.05, 0) is 24.6 Å². The van der Waals surface area contributed by atoms with Crippen LogP contribution in [0.1, 0.15) is 16.1 Å². The average molecular weight is 204 g/mol. The van der Waals surface area contributed by atoms with Crippen LogP contribution in [0.5, 0.6) is 5.75 Å². The molecule has 0 aliphatic rings. The van der Waals surface area contributed by atoms with Gasteiger partial charge in [0.25, 0.3) is 5.91 Å². The Hall–Kier alpha value is -1.97. The quantitative estimate of drug-likeness (QED) is 0.779. The standard InChI is InChI=1S/C11H12N2O2/c1-6-3-7(15-2)4-9-8(6)5-10(13-9)11(12)14/h3-5,13H,1-2H3,(H2,12,14). The molecule has 0 fully saturated rings. The summed E-state index contributed by atoms with van der Waals surface area (Å²) in [6.45, 7) is 1.96. The molecule has 0 spiro atoms. The number of hydrogen-bond donors (Lipinski definition) is 2. The van der Waals surface area contributed by atoms with E-state index in [1.165, 1.54) is 0 Å². The molecule has 1 heterocycles. The first-order valence-electron chi connectivity index (χ1n) is 4.59. The monoisotopic (exact) mass is 204 g/mol. The summed E-state index contributed by atoms with van der Waals surface area (Å²) < 4.78 is 5.14. The first-order chi connectivity index (χ1) is 7.11. The second-order valence-electron chi connectivity index (χ2n) is 3.45. The van der Waals surface area contributed by atoms with Crippen molar-refractivity contribution in [2.24, 2.45) is 5.73 Å². The number of amides is 1. The third-order valence-electron chi connectivity index (χ3n) is 2.42. The van der Waals surface area contributed by atoms with Crippen molar-refractivity contribution >= 4 is 16.8 Å². The summed E-state index contributed by atoms with van der Waals surface area (Å²) >= 11 is 0. The third kappa shape index (κ3) is 1.54. The molecule has 0 unspecified atom stereocenters. The van der Waals surface area contributed by atoms with E-state index in [4.69, 9.17) is 10.5 Å². The van der Waals surface area contributed by atoms with E-state index in [1.807, 2.05) is 19.1 Å². The molecular weight excluding hydrogens is 192 g/mol. The molecule has 0 radical (unpaired) electrons. The normalized spacial score (nSPS) is 10.5. The van der Waals surface area contributed by atoms with E-state index in [1.54, 1.807) is 13.2 Å². The average Bonchev–Trinajstić information content (AvgIpc) is 2.61. The van der Waals surface area contributed by atoms with Crippen molar-refractivity contribution in [1.82, 2.24) is 4.98 Å². The molecule has 4 heteroatoms. The first kappa shape index (κ1) is 9.58. The van der Waals surface area contributed by atoms with E-state index in [9.17, 15) is 4.79 Å². The number of aromatic nitrogens is 1. The highest BCUT2D eigenvalue weighted by Gasteiger charge is 2.08. The Morgan fingerprint density at radius 1 is 1.40 bits per heavy atom. The largest absolute Gasteiger partial charge is 0.497 e. The minimum Gasteiger partial charge on any atom is -0.497 e. The van der Waals surface area contributed by atoms with Gasteiger partial charge in [-0.3, -0.25) is 4.79 Å². The van der Waals surface area contributed by atoms with Gasteiger partial charge in [-0.2, -0.15) is 0 Å². The van der Waals surface area contributed by atoms with E-state index in [0.717, 1.165) is 22.2 Å². The number of aryl methyl sites for hydroxylation is 1. The molecular formula is C11H12N2O2. The minimum absolute atomic E-state index is 0.418. The molecule has 0 saturated carbocycles. The first-order valence-corrected chi connectivity index (χ1v) is 4.59. The Morgan fingerprint density at radius 3 is 2.73 bits per heavy atom. The zero-order valence-electron chi connectivity index (χ0n) is 8.63. The maximum Gasteiger partial charge on any atom is 0.265 e. The lowest BCUT2D eigenvalue weighted by atomic mass is 10.1. The molecule has 0 atom stereocenters. The van der Waals surface area contributed by atoms with Crippen LogP contribution in [-0.2, 0) is 0 Å². The zero-order valence-corrected chi connectivity index (χ0v) is 8.63.